The van der Waals surface area contributed by atoms with E-state index in [1.165, 1.54) is 28.0 Å². The fraction of sp³-hybridized carbons (Fsp3) is 0.143. The van der Waals surface area contributed by atoms with Crippen LogP contribution in [-0.4, -0.2) is 21.1 Å². The molecule has 5 aliphatic rings. The van der Waals surface area contributed by atoms with Gasteiger partial charge in [0.1, 0.15) is 0 Å². The molecule has 226 valence electrons. The Morgan fingerprint density at radius 3 is 2.60 bits per heavy atom. The van der Waals surface area contributed by atoms with Gasteiger partial charge in [0.05, 0.1) is 40.6 Å². The second-order valence-corrected chi connectivity index (χ2v) is 12.8. The maximum Gasteiger partial charge on any atom is 0.161 e. The Bertz CT molecular complexity index is 2280. The zero-order valence-corrected chi connectivity index (χ0v) is 25.9. The molecule has 0 fully saturated rings. The molecule has 47 heavy (non-hydrogen) atoms. The lowest BCUT2D eigenvalue weighted by molar-refractivity contribution is 0.484. The molecule has 3 aromatic heterocycles. The summed E-state index contributed by atoms with van der Waals surface area (Å²) in [4.78, 5) is 9.78. The highest BCUT2D eigenvalue weighted by molar-refractivity contribution is 5.93. The van der Waals surface area contributed by atoms with Gasteiger partial charge in [-0.25, -0.2) is 0 Å². The van der Waals surface area contributed by atoms with Gasteiger partial charge in [-0.3, -0.25) is 9.97 Å². The lowest BCUT2D eigenvalue weighted by Gasteiger charge is -2.37. The number of hydrogen-bond acceptors (Lipinski definition) is 4. The molecule has 1 unspecified atom stereocenters. The number of pyridine rings is 2. The van der Waals surface area contributed by atoms with E-state index in [0.717, 1.165) is 88.8 Å². The smallest absolute Gasteiger partial charge is 0.161 e. The second kappa shape index (κ2) is 10.2. The fourth-order valence-corrected chi connectivity index (χ4v) is 8.50. The van der Waals surface area contributed by atoms with E-state index in [9.17, 15) is 0 Å². The quantitative estimate of drug-likeness (QED) is 0.218. The molecule has 5 aromatic rings. The molecule has 0 spiro atoms. The largest absolute Gasteiger partial charge is 0.452 e. The van der Waals surface area contributed by atoms with Gasteiger partial charge in [0.2, 0.25) is 0 Å². The van der Waals surface area contributed by atoms with Crippen molar-refractivity contribution in [2.75, 3.05) is 6.54 Å². The summed E-state index contributed by atoms with van der Waals surface area (Å²) in [6.07, 6.45) is 25.6. The average molecular weight is 609 g/mol. The molecule has 1 atom stereocenters. The van der Waals surface area contributed by atoms with Crippen LogP contribution in [0.15, 0.2) is 133 Å². The standard InChI is InChI=1S/C42H32N4O/c1-3-12-27(13-4-1)42(28-14-5-2-6-15-28)34-19-11-22-44-38(34)39-35(42)24-29(25-45-39)46-36-20-10-9-18-33(36)41-40(46)32-17-8-7-16-30(32)31-21-23-43-26-37(31)47-41/h1-5,7-9,11-14,16-19,21,23-26,44H,6,10,15,20,22H2. The Balaban J connectivity index is 1.29. The van der Waals surface area contributed by atoms with Gasteiger partial charge in [0.15, 0.2) is 11.5 Å². The summed E-state index contributed by atoms with van der Waals surface area (Å²) >= 11 is 0. The van der Waals surface area contributed by atoms with Gasteiger partial charge in [-0.2, -0.15) is 0 Å². The summed E-state index contributed by atoms with van der Waals surface area (Å²) in [6.45, 7) is 0.792. The van der Waals surface area contributed by atoms with Crippen molar-refractivity contribution in [3.05, 3.63) is 161 Å². The highest BCUT2D eigenvalue weighted by Gasteiger charge is 2.49. The normalized spacial score (nSPS) is 19.7. The Morgan fingerprint density at radius 2 is 1.70 bits per heavy atom. The minimum absolute atomic E-state index is 0.454. The molecular weight excluding hydrogens is 576 g/mol. The maximum atomic E-state index is 6.86. The number of nitrogens with one attached hydrogen (secondary N) is 1. The first-order valence-corrected chi connectivity index (χ1v) is 16.6. The number of aromatic nitrogens is 3. The van der Waals surface area contributed by atoms with Crippen LogP contribution in [0.25, 0.3) is 39.8 Å². The molecule has 0 saturated heterocycles. The highest BCUT2D eigenvalue weighted by atomic mass is 16.5. The van der Waals surface area contributed by atoms with Crippen LogP contribution in [0.2, 0.25) is 0 Å². The lowest BCUT2D eigenvalue weighted by Crippen LogP contribution is -2.32. The first-order chi connectivity index (χ1) is 23.3. The van der Waals surface area contributed by atoms with Gasteiger partial charge in [0.25, 0.3) is 0 Å². The minimum Gasteiger partial charge on any atom is -0.452 e. The van der Waals surface area contributed by atoms with Gasteiger partial charge in [-0.15, -0.1) is 0 Å². The Hall–Kier alpha value is -5.68. The first-order valence-electron chi connectivity index (χ1n) is 16.6. The summed E-state index contributed by atoms with van der Waals surface area (Å²) in [7, 11) is 0. The van der Waals surface area contributed by atoms with Crippen LogP contribution in [0.3, 0.4) is 0 Å². The summed E-state index contributed by atoms with van der Waals surface area (Å²) in [5.74, 6) is 1.66. The zero-order chi connectivity index (χ0) is 31.0. The van der Waals surface area contributed by atoms with Crippen molar-refractivity contribution in [2.24, 2.45) is 0 Å². The van der Waals surface area contributed by atoms with E-state index in [1.807, 2.05) is 12.4 Å². The van der Waals surface area contributed by atoms with Crippen LogP contribution < -0.4 is 10.1 Å². The molecule has 2 aliphatic heterocycles. The molecule has 2 aromatic carbocycles. The van der Waals surface area contributed by atoms with Crippen molar-refractivity contribution in [2.45, 2.75) is 31.1 Å². The van der Waals surface area contributed by atoms with Crippen molar-refractivity contribution in [3.63, 3.8) is 0 Å². The van der Waals surface area contributed by atoms with Crippen LogP contribution in [0.5, 0.6) is 11.5 Å². The number of benzene rings is 2. The SMILES string of the molecule is C1=CCCC(C2(c3ccccc3)C3=C(NCC=C3)c3ncc(-n4c5c(c6c4-c4ccccc4-c4ccncc4O6)C=CCC5)cc32)=C1. The van der Waals surface area contributed by atoms with Crippen LogP contribution in [0.1, 0.15) is 47.3 Å². The Labute approximate surface area is 274 Å². The van der Waals surface area contributed by atoms with Gasteiger partial charge in [-0.05, 0) is 54.5 Å². The number of fused-ring (bicyclic) bond motifs is 9. The minimum atomic E-state index is -0.454. The van der Waals surface area contributed by atoms with Crippen molar-refractivity contribution in [1.29, 1.82) is 0 Å². The third kappa shape index (κ3) is 3.65. The number of rotatable bonds is 3. The van der Waals surface area contributed by atoms with Crippen LogP contribution in [-0.2, 0) is 11.8 Å². The molecule has 1 N–H and O–H groups in total. The zero-order valence-electron chi connectivity index (χ0n) is 25.9. The molecular formula is C42H32N4O. The predicted molar refractivity (Wildman–Crippen MR) is 187 cm³/mol. The van der Waals surface area contributed by atoms with Gasteiger partial charge < -0.3 is 14.6 Å². The van der Waals surface area contributed by atoms with Gasteiger partial charge in [-0.1, -0.05) is 103 Å². The maximum absolute atomic E-state index is 6.86. The Kier molecular flexibility index (Phi) is 5.74. The third-order valence-electron chi connectivity index (χ3n) is 10.4. The van der Waals surface area contributed by atoms with Gasteiger partial charge in [0, 0.05) is 40.7 Å². The second-order valence-electron chi connectivity index (χ2n) is 12.8. The summed E-state index contributed by atoms with van der Waals surface area (Å²) in [6, 6.07) is 24.2. The molecule has 10 rings (SSSR count). The van der Waals surface area contributed by atoms with E-state index in [2.05, 4.69) is 130 Å². The van der Waals surface area contributed by atoms with Crippen molar-refractivity contribution >= 4 is 11.8 Å². The number of dihydropyridines is 1. The van der Waals surface area contributed by atoms with Crippen molar-refractivity contribution < 1.29 is 4.74 Å². The topological polar surface area (TPSA) is 52.0 Å². The van der Waals surface area contributed by atoms with E-state index >= 15 is 0 Å². The van der Waals surface area contributed by atoms with Crippen molar-refractivity contribution in [3.8, 4) is 39.6 Å². The molecule has 5 heterocycles. The fourth-order valence-electron chi connectivity index (χ4n) is 8.50. The first kappa shape index (κ1) is 26.5. The summed E-state index contributed by atoms with van der Waals surface area (Å²) < 4.78 is 9.30. The Morgan fingerprint density at radius 1 is 0.830 bits per heavy atom. The summed E-state index contributed by atoms with van der Waals surface area (Å²) in [5, 5.41) is 3.73. The van der Waals surface area contributed by atoms with Crippen LogP contribution in [0, 0.1) is 0 Å². The number of allylic oxidation sites excluding steroid dienone is 7. The van der Waals surface area contributed by atoms with Crippen LogP contribution in [0.4, 0.5) is 0 Å². The molecule has 0 amide bonds. The molecule has 0 saturated carbocycles. The molecule has 3 aliphatic carbocycles. The predicted octanol–water partition coefficient (Wildman–Crippen LogP) is 9.11. The monoisotopic (exact) mass is 608 g/mol. The van der Waals surface area contributed by atoms with E-state index < -0.39 is 5.41 Å². The molecule has 5 heteroatoms. The number of nitrogens with zero attached hydrogens (tertiary/aromatic N) is 3. The van der Waals surface area contributed by atoms with E-state index in [0.29, 0.717) is 0 Å². The van der Waals surface area contributed by atoms with Crippen LogP contribution >= 0.6 is 0 Å². The van der Waals surface area contributed by atoms with E-state index in [-0.39, 0.29) is 0 Å². The third-order valence-corrected chi connectivity index (χ3v) is 10.4. The number of hydrogen-bond donors (Lipinski definition) is 1. The average Bonchev–Trinajstić information content (AvgIpc) is 3.57. The molecule has 0 radical (unpaired) electrons. The molecule has 5 nitrogen and oxygen atoms in total. The van der Waals surface area contributed by atoms with Crippen molar-refractivity contribution in [1.82, 2.24) is 19.9 Å². The van der Waals surface area contributed by atoms with Gasteiger partial charge >= 0.3 is 0 Å². The number of ether oxygens (including phenoxy) is 1. The van der Waals surface area contributed by atoms with E-state index in [1.54, 1.807) is 0 Å². The van der Waals surface area contributed by atoms with E-state index in [4.69, 9.17) is 9.72 Å². The molecule has 0 bridgehead atoms. The summed E-state index contributed by atoms with van der Waals surface area (Å²) in [5.41, 5.74) is 14.7. The lowest BCUT2D eigenvalue weighted by atomic mass is 9.64. The highest BCUT2D eigenvalue weighted by Crippen LogP contribution is 2.57.